The quantitative estimate of drug-likeness (QED) is 0.139. The second-order valence-corrected chi connectivity index (χ2v) is 13.8. The van der Waals surface area contributed by atoms with E-state index in [9.17, 15) is 28.8 Å². The van der Waals surface area contributed by atoms with E-state index in [-0.39, 0.29) is 51.9 Å². The first-order chi connectivity index (χ1) is 25.8. The standard InChI is InChI=1S/C45H22N2O6/c48-34-19-33-35-21(23-15-17-30-39(40(23)47-33)45(53)27-9-4-2-7-25(27)42(30)50)14-16-29-38(35)37(34)22-13-12-20(18-31(22)43(29)51)46-32-11-5-10-28-36(32)44(52)26-8-3-1-6-24(26)41(28)49/h1-18,46-47H,19H2. The average Bonchev–Trinajstić information content (AvgIpc) is 3.18. The van der Waals surface area contributed by atoms with Gasteiger partial charge in [0.05, 0.1) is 28.8 Å². The summed E-state index contributed by atoms with van der Waals surface area (Å²) in [7, 11) is 0. The van der Waals surface area contributed by atoms with Crippen LogP contribution in [0, 0.1) is 0 Å². The van der Waals surface area contributed by atoms with Gasteiger partial charge in [-0.25, -0.2) is 0 Å². The summed E-state index contributed by atoms with van der Waals surface area (Å²) in [6.07, 6.45) is 0.00200. The molecule has 0 unspecified atom stereocenters. The third-order valence-corrected chi connectivity index (χ3v) is 11.0. The number of pyridine rings is 1. The second-order valence-electron chi connectivity index (χ2n) is 13.8. The maximum Gasteiger partial charge on any atom is 0.196 e. The SMILES string of the molecule is O=C1c2ccccc2C(=O)c2c(Nc3ccc4c5c6c(ccc7c8ccc9c(c8[nH]c(c76)CC5=O)C(=O)c5ccccc5C9=O)c(=O)c4c3)cccc21. The van der Waals surface area contributed by atoms with E-state index in [1.165, 1.54) is 0 Å². The van der Waals surface area contributed by atoms with Gasteiger partial charge < -0.3 is 10.3 Å². The molecule has 0 spiro atoms. The molecular formula is C45H22N2O6. The van der Waals surface area contributed by atoms with Gasteiger partial charge in [0.2, 0.25) is 0 Å². The van der Waals surface area contributed by atoms with Gasteiger partial charge in [-0.1, -0.05) is 78.9 Å². The van der Waals surface area contributed by atoms with Crippen LogP contribution in [0.25, 0.3) is 43.2 Å². The van der Waals surface area contributed by atoms with Crippen LogP contribution in [0.4, 0.5) is 11.4 Å². The van der Waals surface area contributed by atoms with Crippen molar-refractivity contribution < 1.29 is 24.0 Å². The van der Waals surface area contributed by atoms with Crippen molar-refractivity contribution in [3.63, 3.8) is 0 Å². The van der Waals surface area contributed by atoms with E-state index in [0.29, 0.717) is 88.5 Å². The number of benzene rings is 7. The Labute approximate surface area is 298 Å². The van der Waals surface area contributed by atoms with Gasteiger partial charge in [-0.2, -0.15) is 0 Å². The van der Waals surface area contributed by atoms with Crippen molar-refractivity contribution in [3.8, 4) is 0 Å². The number of H-pyrrole nitrogens is 1. The summed E-state index contributed by atoms with van der Waals surface area (Å²) in [6, 6.07) is 30.9. The zero-order valence-electron chi connectivity index (χ0n) is 27.5. The molecule has 0 bridgehead atoms. The highest BCUT2D eigenvalue weighted by atomic mass is 16.2. The summed E-state index contributed by atoms with van der Waals surface area (Å²) in [6.45, 7) is 0. The number of aromatic amines is 1. The first kappa shape index (κ1) is 29.4. The predicted molar refractivity (Wildman–Crippen MR) is 201 cm³/mol. The monoisotopic (exact) mass is 686 g/mol. The fourth-order valence-corrected chi connectivity index (χ4v) is 8.73. The molecular weight excluding hydrogens is 665 g/mol. The number of carbonyl (C=O) groups is 5. The summed E-state index contributed by atoms with van der Waals surface area (Å²) in [4.78, 5) is 86.1. The highest BCUT2D eigenvalue weighted by Gasteiger charge is 2.34. The van der Waals surface area contributed by atoms with Crippen molar-refractivity contribution in [1.82, 2.24) is 4.98 Å². The molecule has 0 aliphatic heterocycles. The Hall–Kier alpha value is -7.32. The van der Waals surface area contributed by atoms with Gasteiger partial charge in [-0.15, -0.1) is 0 Å². The lowest BCUT2D eigenvalue weighted by atomic mass is 9.80. The molecule has 0 radical (unpaired) electrons. The van der Waals surface area contributed by atoms with E-state index in [4.69, 9.17) is 0 Å². The first-order valence-corrected chi connectivity index (χ1v) is 17.1. The maximum atomic E-state index is 14.3. The van der Waals surface area contributed by atoms with Gasteiger partial charge >= 0.3 is 0 Å². The fraction of sp³-hybridized carbons (Fsp3) is 0.0222. The molecule has 248 valence electrons. The number of hydrogen-bond acceptors (Lipinski definition) is 7. The minimum absolute atomic E-state index is 0.00200. The van der Waals surface area contributed by atoms with Gasteiger partial charge in [0.15, 0.2) is 34.3 Å². The first-order valence-electron chi connectivity index (χ1n) is 17.1. The largest absolute Gasteiger partial charge is 0.357 e. The molecule has 3 aliphatic carbocycles. The Balaban J connectivity index is 1.09. The van der Waals surface area contributed by atoms with Crippen molar-refractivity contribution in [3.05, 3.63) is 175 Å². The second kappa shape index (κ2) is 10.1. The van der Waals surface area contributed by atoms with Gasteiger partial charge in [0.1, 0.15) is 0 Å². The Morgan fingerprint density at radius 3 is 1.75 bits per heavy atom. The molecule has 8 heteroatoms. The Morgan fingerprint density at radius 2 is 1.04 bits per heavy atom. The van der Waals surface area contributed by atoms with Crippen molar-refractivity contribution >= 4 is 83.5 Å². The van der Waals surface area contributed by atoms with Crippen LogP contribution in [-0.2, 0) is 6.42 Å². The van der Waals surface area contributed by atoms with Crippen molar-refractivity contribution in [2.75, 3.05) is 5.32 Å². The number of hydrogen-bond donors (Lipinski definition) is 2. The van der Waals surface area contributed by atoms with Crippen LogP contribution in [0.3, 0.4) is 0 Å². The van der Waals surface area contributed by atoms with Crippen molar-refractivity contribution in [1.29, 1.82) is 0 Å². The molecule has 0 saturated heterocycles. The molecule has 0 saturated carbocycles. The van der Waals surface area contributed by atoms with Crippen LogP contribution < -0.4 is 10.7 Å². The number of rotatable bonds is 2. The van der Waals surface area contributed by atoms with E-state index in [1.54, 1.807) is 97.1 Å². The lowest BCUT2D eigenvalue weighted by molar-refractivity contribution is 0.0979. The van der Waals surface area contributed by atoms with Crippen LogP contribution in [-0.4, -0.2) is 33.9 Å². The average molecular weight is 687 g/mol. The van der Waals surface area contributed by atoms with Crippen LogP contribution in [0.2, 0.25) is 0 Å². The maximum absolute atomic E-state index is 14.3. The molecule has 0 atom stereocenters. The summed E-state index contributed by atoms with van der Waals surface area (Å²) < 4.78 is 0. The molecule has 3 aliphatic rings. The summed E-state index contributed by atoms with van der Waals surface area (Å²) in [5.74, 6) is -1.18. The predicted octanol–water partition coefficient (Wildman–Crippen LogP) is 8.02. The summed E-state index contributed by atoms with van der Waals surface area (Å²) >= 11 is 0. The smallest absolute Gasteiger partial charge is 0.196 e. The third-order valence-electron chi connectivity index (χ3n) is 11.0. The zero-order chi connectivity index (χ0) is 35.9. The minimum atomic E-state index is -0.266. The number of carbonyl (C=O) groups excluding carboxylic acids is 5. The van der Waals surface area contributed by atoms with Crippen LogP contribution >= 0.6 is 0 Å². The number of nitrogens with one attached hydrogen (secondary N) is 2. The van der Waals surface area contributed by atoms with Crippen molar-refractivity contribution in [2.45, 2.75) is 6.42 Å². The minimum Gasteiger partial charge on any atom is -0.357 e. The zero-order valence-corrected chi connectivity index (χ0v) is 27.5. The molecule has 0 amide bonds. The van der Waals surface area contributed by atoms with E-state index >= 15 is 0 Å². The topological polar surface area (TPSA) is 130 Å². The Morgan fingerprint density at radius 1 is 0.453 bits per heavy atom. The van der Waals surface area contributed by atoms with Crippen LogP contribution in [0.15, 0.2) is 114 Å². The number of ketones is 5. The molecule has 8 aromatic rings. The van der Waals surface area contributed by atoms with Gasteiger partial charge in [0.25, 0.3) is 0 Å². The molecule has 1 aromatic heterocycles. The Bertz CT molecular complexity index is 3240. The molecule has 53 heavy (non-hydrogen) atoms. The lowest BCUT2D eigenvalue weighted by Gasteiger charge is -2.24. The molecule has 11 rings (SSSR count). The number of Topliss-reactive ketones (excluding diaryl/α,β-unsaturated/α-hetero) is 1. The summed E-state index contributed by atoms with van der Waals surface area (Å²) in [5, 5.41) is 7.27. The van der Waals surface area contributed by atoms with E-state index in [1.807, 2.05) is 12.1 Å². The van der Waals surface area contributed by atoms with Crippen LogP contribution in [0.5, 0.6) is 0 Å². The number of fused-ring (bicyclic) bond motifs is 9. The molecule has 0 fully saturated rings. The summed E-state index contributed by atoms with van der Waals surface area (Å²) in [5.41, 5.74) is 4.76. The van der Waals surface area contributed by atoms with Crippen LogP contribution in [0.1, 0.15) is 79.7 Å². The highest BCUT2D eigenvalue weighted by Crippen LogP contribution is 2.43. The third kappa shape index (κ3) is 3.73. The van der Waals surface area contributed by atoms with E-state index < -0.39 is 0 Å². The van der Waals surface area contributed by atoms with E-state index in [2.05, 4.69) is 10.3 Å². The van der Waals surface area contributed by atoms with Crippen molar-refractivity contribution in [2.24, 2.45) is 0 Å². The fourth-order valence-electron chi connectivity index (χ4n) is 8.73. The molecule has 2 N–H and O–H groups in total. The number of anilines is 2. The molecule has 1 heterocycles. The normalized spacial score (nSPS) is 14.2. The molecule has 8 nitrogen and oxygen atoms in total. The Kier molecular flexibility index (Phi) is 5.63. The lowest BCUT2D eigenvalue weighted by Crippen LogP contribution is -2.22. The number of aromatic nitrogens is 1. The molecule has 7 aromatic carbocycles. The van der Waals surface area contributed by atoms with E-state index in [0.717, 1.165) is 10.8 Å². The highest BCUT2D eigenvalue weighted by molar-refractivity contribution is 6.35. The van der Waals surface area contributed by atoms with Gasteiger partial charge in [-0.3, -0.25) is 28.8 Å². The van der Waals surface area contributed by atoms with Gasteiger partial charge in [0, 0.05) is 77.3 Å². The van der Waals surface area contributed by atoms with Gasteiger partial charge in [-0.05, 0) is 41.1 Å².